The fourth-order valence-corrected chi connectivity index (χ4v) is 6.10. The van der Waals surface area contributed by atoms with Crippen molar-refractivity contribution in [1.82, 2.24) is 0 Å². The quantitative estimate of drug-likeness (QED) is 0.319. The van der Waals surface area contributed by atoms with Gasteiger partial charge in [0.15, 0.2) is 0 Å². The highest BCUT2D eigenvalue weighted by Crippen LogP contribution is 2.42. The first kappa shape index (κ1) is 36.5. The van der Waals surface area contributed by atoms with Crippen LogP contribution in [0.5, 0.6) is 11.5 Å². The largest absolute Gasteiger partial charge is 0.507 e. The molecule has 0 spiro atoms. The zero-order chi connectivity index (χ0) is 33.5. The molecule has 0 amide bonds. The van der Waals surface area contributed by atoms with Crippen LogP contribution in [0.25, 0.3) is 0 Å². The van der Waals surface area contributed by atoms with Gasteiger partial charge in [0.05, 0.1) is 0 Å². The molecule has 0 aliphatic heterocycles. The normalized spacial score (nSPS) is 12.7. The Morgan fingerprint density at radius 2 is 0.674 bits per heavy atom. The number of phenols is 2. The number of phenolic OH excluding ortho intramolecular Hbond substituents is 2. The number of hydrogen-bond acceptors (Lipinski definition) is 2. The van der Waals surface area contributed by atoms with Crippen LogP contribution in [-0.4, -0.2) is 10.2 Å². The van der Waals surface area contributed by atoms with E-state index in [1.165, 1.54) is 38.9 Å². The molecular formula is C41H62O2. The van der Waals surface area contributed by atoms with Crippen LogP contribution in [0.3, 0.4) is 0 Å². The molecule has 0 bridgehead atoms. The Bertz CT molecular complexity index is 1260. The van der Waals surface area contributed by atoms with Crippen molar-refractivity contribution in [2.75, 3.05) is 0 Å². The molecule has 0 saturated heterocycles. The lowest BCUT2D eigenvalue weighted by Gasteiger charge is -2.29. The minimum Gasteiger partial charge on any atom is -0.507 e. The van der Waals surface area contributed by atoms with E-state index in [0.717, 1.165) is 35.1 Å². The molecule has 0 atom stereocenters. The van der Waals surface area contributed by atoms with Gasteiger partial charge in [0, 0.05) is 0 Å². The molecule has 2 heteroatoms. The van der Waals surface area contributed by atoms with Crippen molar-refractivity contribution < 1.29 is 10.2 Å². The van der Waals surface area contributed by atoms with Crippen LogP contribution >= 0.6 is 0 Å². The number of benzene rings is 3. The first-order valence-corrected chi connectivity index (χ1v) is 16.2. The highest BCUT2D eigenvalue weighted by molar-refractivity contribution is 5.55. The summed E-state index contributed by atoms with van der Waals surface area (Å²) >= 11 is 0. The molecule has 0 aromatic heterocycles. The van der Waals surface area contributed by atoms with E-state index in [1.54, 1.807) is 0 Å². The summed E-state index contributed by atoms with van der Waals surface area (Å²) in [5, 5.41) is 22.5. The molecule has 43 heavy (non-hydrogen) atoms. The van der Waals surface area contributed by atoms with Crippen molar-refractivity contribution in [1.29, 1.82) is 0 Å². The van der Waals surface area contributed by atoms with E-state index in [2.05, 4.69) is 134 Å². The van der Waals surface area contributed by atoms with E-state index < -0.39 is 0 Å². The van der Waals surface area contributed by atoms with Gasteiger partial charge >= 0.3 is 0 Å². The van der Waals surface area contributed by atoms with Gasteiger partial charge in [-0.25, -0.2) is 0 Å². The summed E-state index contributed by atoms with van der Waals surface area (Å²) in [4.78, 5) is 0. The summed E-state index contributed by atoms with van der Waals surface area (Å²) in [6, 6.07) is 11.2. The van der Waals surface area contributed by atoms with Crippen LogP contribution in [0.4, 0.5) is 0 Å². The van der Waals surface area contributed by atoms with Crippen LogP contribution in [0.1, 0.15) is 158 Å². The Morgan fingerprint density at radius 3 is 0.884 bits per heavy atom. The first-order valence-electron chi connectivity index (χ1n) is 16.2. The van der Waals surface area contributed by atoms with E-state index in [9.17, 15) is 10.2 Å². The van der Waals surface area contributed by atoms with E-state index in [0.29, 0.717) is 11.5 Å². The van der Waals surface area contributed by atoms with Crippen LogP contribution in [0.2, 0.25) is 0 Å². The SMILES string of the molecule is CC.Cc1cc(C)c(Cc2cc(C(C)(C)C)c(O)c(C(C)(C)C)c2)c(C)c1Cc1cc(C(C)(C)C)c(O)c(C(C)(C)C)c1. The molecule has 0 aliphatic rings. The summed E-state index contributed by atoms with van der Waals surface area (Å²) in [7, 11) is 0. The Balaban J connectivity index is 0.00000316. The molecule has 3 aromatic rings. The topological polar surface area (TPSA) is 40.5 Å². The van der Waals surface area contributed by atoms with Gasteiger partial charge in [-0.2, -0.15) is 0 Å². The van der Waals surface area contributed by atoms with Crippen LogP contribution in [0.15, 0.2) is 30.3 Å². The molecule has 2 nitrogen and oxygen atoms in total. The predicted octanol–water partition coefficient (Wildman–Crippen LogP) is 11.4. The first-order chi connectivity index (χ1) is 19.4. The summed E-state index contributed by atoms with van der Waals surface area (Å²) in [5.74, 6) is 0.867. The van der Waals surface area contributed by atoms with E-state index in [4.69, 9.17) is 0 Å². The van der Waals surface area contributed by atoms with Gasteiger partial charge < -0.3 is 10.2 Å². The van der Waals surface area contributed by atoms with Gasteiger partial charge in [-0.05, 0) is 116 Å². The molecule has 0 radical (unpaired) electrons. The van der Waals surface area contributed by atoms with Gasteiger partial charge in [0.2, 0.25) is 0 Å². The Kier molecular flexibility index (Phi) is 10.8. The lowest BCUT2D eigenvalue weighted by atomic mass is 9.77. The fourth-order valence-electron chi connectivity index (χ4n) is 6.10. The maximum atomic E-state index is 11.3. The number of hydrogen-bond donors (Lipinski definition) is 2. The number of aryl methyl sites for hydroxylation is 2. The van der Waals surface area contributed by atoms with Crippen molar-refractivity contribution in [2.24, 2.45) is 0 Å². The lowest BCUT2D eigenvalue weighted by molar-refractivity contribution is 0.422. The van der Waals surface area contributed by atoms with Crippen molar-refractivity contribution in [3.63, 3.8) is 0 Å². The standard InChI is InChI=1S/C39H56O2.C2H6/c1-23-16-24(2)29(18-27-21-32(38(10,11)12)35(41)33(22-27)39(13,14)15)25(3)28(23)17-26-19-30(36(4,5)6)34(40)31(20-26)37(7,8)9;1-2/h16,19-22,40-41H,17-18H2,1-15H3;1-2H3. The predicted molar refractivity (Wildman–Crippen MR) is 189 cm³/mol. The third kappa shape index (κ3) is 8.25. The summed E-state index contributed by atoms with van der Waals surface area (Å²) in [6.45, 7) is 36.8. The molecular weight excluding hydrogens is 524 g/mol. The minimum absolute atomic E-state index is 0.156. The van der Waals surface area contributed by atoms with Crippen LogP contribution in [-0.2, 0) is 34.5 Å². The molecule has 3 rings (SSSR count). The number of rotatable bonds is 4. The van der Waals surface area contributed by atoms with E-state index in [-0.39, 0.29) is 21.7 Å². The second-order valence-electron chi connectivity index (χ2n) is 16.5. The fraction of sp³-hybridized carbons (Fsp3) is 0.561. The molecule has 0 aliphatic carbocycles. The van der Waals surface area contributed by atoms with E-state index >= 15 is 0 Å². The molecule has 2 N–H and O–H groups in total. The minimum atomic E-state index is -0.156. The van der Waals surface area contributed by atoms with E-state index in [1.807, 2.05) is 13.8 Å². The van der Waals surface area contributed by atoms with Gasteiger partial charge in [0.1, 0.15) is 11.5 Å². The van der Waals surface area contributed by atoms with Crippen LogP contribution < -0.4 is 0 Å². The third-order valence-electron chi connectivity index (χ3n) is 8.62. The van der Waals surface area contributed by atoms with Gasteiger partial charge in [-0.3, -0.25) is 0 Å². The molecule has 3 aromatic carbocycles. The van der Waals surface area contributed by atoms with Crippen molar-refractivity contribution in [3.8, 4) is 11.5 Å². The summed E-state index contributed by atoms with van der Waals surface area (Å²) in [6.07, 6.45) is 1.65. The third-order valence-corrected chi connectivity index (χ3v) is 8.62. The molecule has 0 saturated carbocycles. The van der Waals surface area contributed by atoms with Crippen molar-refractivity contribution >= 4 is 0 Å². The van der Waals surface area contributed by atoms with Gasteiger partial charge in [-0.1, -0.05) is 127 Å². The maximum Gasteiger partial charge on any atom is 0.123 e. The van der Waals surface area contributed by atoms with Crippen LogP contribution in [0, 0.1) is 20.8 Å². The highest BCUT2D eigenvalue weighted by atomic mass is 16.3. The van der Waals surface area contributed by atoms with Crippen molar-refractivity contribution in [2.45, 2.75) is 152 Å². The summed E-state index contributed by atoms with van der Waals surface area (Å²) in [5.41, 5.74) is 12.6. The Morgan fingerprint density at radius 1 is 0.442 bits per heavy atom. The zero-order valence-corrected chi connectivity index (χ0v) is 30.7. The highest BCUT2D eigenvalue weighted by Gasteiger charge is 2.28. The average molecular weight is 587 g/mol. The number of aromatic hydroxyl groups is 2. The molecule has 0 unspecified atom stereocenters. The Hall–Kier alpha value is -2.74. The smallest absolute Gasteiger partial charge is 0.123 e. The summed E-state index contributed by atoms with van der Waals surface area (Å²) < 4.78 is 0. The average Bonchev–Trinajstić information content (AvgIpc) is 2.84. The Labute approximate surface area is 265 Å². The molecule has 238 valence electrons. The lowest BCUT2D eigenvalue weighted by Crippen LogP contribution is -2.18. The second kappa shape index (κ2) is 12.7. The zero-order valence-electron chi connectivity index (χ0n) is 30.7. The second-order valence-corrected chi connectivity index (χ2v) is 16.5. The van der Waals surface area contributed by atoms with Gasteiger partial charge in [-0.15, -0.1) is 0 Å². The molecule has 0 fully saturated rings. The molecule has 0 heterocycles. The van der Waals surface area contributed by atoms with Gasteiger partial charge in [0.25, 0.3) is 0 Å². The van der Waals surface area contributed by atoms with Crippen molar-refractivity contribution in [3.05, 3.63) is 91.5 Å². The monoisotopic (exact) mass is 586 g/mol. The maximum absolute atomic E-state index is 11.3.